The third kappa shape index (κ3) is 1.95. The van der Waals surface area contributed by atoms with E-state index in [-0.39, 0.29) is 18.4 Å². The van der Waals surface area contributed by atoms with E-state index in [0.29, 0.717) is 5.69 Å². The molecule has 1 heterocycles. The molecule has 0 spiro atoms. The van der Waals surface area contributed by atoms with Crippen molar-refractivity contribution in [3.63, 3.8) is 0 Å². The monoisotopic (exact) mass is 287 g/mol. The van der Waals surface area contributed by atoms with Crippen LogP contribution in [0.4, 0.5) is 5.69 Å². The summed E-state index contributed by atoms with van der Waals surface area (Å²) in [4.78, 5) is 37.8. The highest BCUT2D eigenvalue weighted by atomic mass is 16.5. The number of imide groups is 1. The maximum atomic E-state index is 12.4. The van der Waals surface area contributed by atoms with Gasteiger partial charge in [-0.05, 0) is 32.4 Å². The minimum absolute atomic E-state index is 0.262. The lowest BCUT2D eigenvalue weighted by Crippen LogP contribution is -2.36. The van der Waals surface area contributed by atoms with Gasteiger partial charge in [-0.3, -0.25) is 14.4 Å². The molecule has 1 aromatic carbocycles. The first-order valence-corrected chi connectivity index (χ1v) is 7.09. The van der Waals surface area contributed by atoms with Crippen molar-refractivity contribution in [1.82, 2.24) is 0 Å². The van der Waals surface area contributed by atoms with E-state index >= 15 is 0 Å². The van der Waals surface area contributed by atoms with Crippen LogP contribution in [0.2, 0.25) is 0 Å². The van der Waals surface area contributed by atoms with Crippen LogP contribution in [0.1, 0.15) is 18.1 Å². The third-order valence-corrected chi connectivity index (χ3v) is 4.18. The summed E-state index contributed by atoms with van der Waals surface area (Å²) in [6.07, 6.45) is 0. The fourth-order valence-electron chi connectivity index (χ4n) is 3.16. The van der Waals surface area contributed by atoms with Crippen molar-refractivity contribution in [3.05, 3.63) is 29.3 Å². The highest BCUT2D eigenvalue weighted by molar-refractivity contribution is 6.27. The van der Waals surface area contributed by atoms with Gasteiger partial charge in [0.05, 0.1) is 30.0 Å². The zero-order chi connectivity index (χ0) is 15.3. The Morgan fingerprint density at radius 3 is 2.33 bits per heavy atom. The fraction of sp³-hybridized carbons (Fsp3) is 0.438. The second-order valence-electron chi connectivity index (χ2n) is 5.63. The smallest absolute Gasteiger partial charge is 0.310 e. The van der Waals surface area contributed by atoms with E-state index in [2.05, 4.69) is 0 Å². The molecule has 0 radical (unpaired) electrons. The number of esters is 1. The predicted octanol–water partition coefficient (Wildman–Crippen LogP) is 1.60. The van der Waals surface area contributed by atoms with Crippen LogP contribution in [0, 0.1) is 31.6 Å². The third-order valence-electron chi connectivity index (χ3n) is 4.18. The molecule has 21 heavy (non-hydrogen) atoms. The first kappa shape index (κ1) is 13.8. The van der Waals surface area contributed by atoms with E-state index in [1.54, 1.807) is 13.0 Å². The Bertz CT molecular complexity index is 630. The molecule has 1 saturated heterocycles. The molecule has 2 aliphatic rings. The summed E-state index contributed by atoms with van der Waals surface area (Å²) in [5, 5.41) is 0. The van der Waals surface area contributed by atoms with Crippen molar-refractivity contribution in [1.29, 1.82) is 0 Å². The summed E-state index contributed by atoms with van der Waals surface area (Å²) in [5.41, 5.74) is 2.57. The zero-order valence-electron chi connectivity index (χ0n) is 12.3. The first-order valence-electron chi connectivity index (χ1n) is 7.09. The van der Waals surface area contributed by atoms with Gasteiger partial charge in [-0.15, -0.1) is 0 Å². The number of benzene rings is 1. The summed E-state index contributed by atoms with van der Waals surface area (Å²) < 4.78 is 4.92. The number of ether oxygens (including phenoxy) is 1. The molecular weight excluding hydrogens is 270 g/mol. The number of hydrogen-bond acceptors (Lipinski definition) is 4. The summed E-state index contributed by atoms with van der Waals surface area (Å²) in [7, 11) is 0. The number of carbonyl (C=O) groups excluding carboxylic acids is 3. The van der Waals surface area contributed by atoms with Crippen LogP contribution in [0.15, 0.2) is 18.2 Å². The lowest BCUT2D eigenvalue weighted by atomic mass is 10.1. The van der Waals surface area contributed by atoms with Crippen molar-refractivity contribution in [2.75, 3.05) is 11.5 Å². The Balaban J connectivity index is 1.85. The predicted molar refractivity (Wildman–Crippen MR) is 75.5 cm³/mol. The molecular formula is C16H17NO4. The van der Waals surface area contributed by atoms with Crippen LogP contribution in [0.5, 0.6) is 0 Å². The molecule has 0 aromatic heterocycles. The van der Waals surface area contributed by atoms with E-state index in [0.717, 1.165) is 11.1 Å². The molecule has 5 heteroatoms. The largest absolute Gasteiger partial charge is 0.466 e. The first-order chi connectivity index (χ1) is 9.97. The quantitative estimate of drug-likeness (QED) is 0.626. The van der Waals surface area contributed by atoms with Crippen LogP contribution in [-0.4, -0.2) is 24.4 Å². The number of aryl methyl sites for hydroxylation is 2. The molecule has 110 valence electrons. The van der Waals surface area contributed by atoms with Gasteiger partial charge < -0.3 is 4.74 Å². The van der Waals surface area contributed by atoms with Crippen LogP contribution < -0.4 is 4.90 Å². The molecule has 1 aromatic rings. The number of carbonyl (C=O) groups is 3. The number of amides is 2. The zero-order valence-corrected chi connectivity index (χ0v) is 12.3. The summed E-state index contributed by atoms with van der Waals surface area (Å²) in [5.74, 6) is -2.64. The summed E-state index contributed by atoms with van der Waals surface area (Å²) in [6, 6.07) is 5.59. The highest BCUT2D eigenvalue weighted by Crippen LogP contribution is 2.55. The number of fused-ring (bicyclic) bond motifs is 1. The number of piperidine rings is 1. The van der Waals surface area contributed by atoms with E-state index in [4.69, 9.17) is 4.74 Å². The van der Waals surface area contributed by atoms with Gasteiger partial charge in [-0.1, -0.05) is 17.7 Å². The fourth-order valence-corrected chi connectivity index (χ4v) is 3.16. The minimum Gasteiger partial charge on any atom is -0.466 e. The van der Waals surface area contributed by atoms with E-state index in [1.165, 1.54) is 4.90 Å². The number of rotatable bonds is 3. The second kappa shape index (κ2) is 4.69. The molecule has 1 saturated carbocycles. The molecule has 2 fully saturated rings. The Kier molecular flexibility index (Phi) is 3.08. The van der Waals surface area contributed by atoms with E-state index < -0.39 is 23.7 Å². The Morgan fingerprint density at radius 2 is 1.81 bits per heavy atom. The minimum atomic E-state index is -0.577. The Labute approximate surface area is 122 Å². The SMILES string of the molecule is CCOC(=O)C1C2C(=O)N(c3ccc(C)cc3C)C(=O)C12. The molecule has 5 nitrogen and oxygen atoms in total. The molecule has 0 N–H and O–H groups in total. The van der Waals surface area contributed by atoms with Crippen molar-refractivity contribution in [2.45, 2.75) is 20.8 Å². The van der Waals surface area contributed by atoms with Gasteiger partial charge in [0.25, 0.3) is 0 Å². The van der Waals surface area contributed by atoms with Crippen molar-refractivity contribution in [2.24, 2.45) is 17.8 Å². The standard InChI is InChI=1S/C16H17NO4/c1-4-21-16(20)13-11-12(13)15(19)17(14(11)18)10-6-5-8(2)7-9(10)3/h5-7,11-13H,4H2,1-3H3. The van der Waals surface area contributed by atoms with Gasteiger partial charge in [0.2, 0.25) is 11.8 Å². The Morgan fingerprint density at radius 1 is 1.19 bits per heavy atom. The Hall–Kier alpha value is -2.17. The summed E-state index contributed by atoms with van der Waals surface area (Å²) in [6.45, 7) is 5.80. The van der Waals surface area contributed by atoms with Crippen LogP contribution in [0.3, 0.4) is 0 Å². The van der Waals surface area contributed by atoms with E-state index in [1.807, 2.05) is 26.0 Å². The van der Waals surface area contributed by atoms with Gasteiger partial charge >= 0.3 is 5.97 Å². The highest BCUT2D eigenvalue weighted by Gasteiger charge is 2.71. The molecule has 2 atom stereocenters. The maximum absolute atomic E-state index is 12.4. The average molecular weight is 287 g/mol. The maximum Gasteiger partial charge on any atom is 0.310 e. The molecule has 3 rings (SSSR count). The topological polar surface area (TPSA) is 63.7 Å². The average Bonchev–Trinajstić information content (AvgIpc) is 3.11. The molecule has 2 unspecified atom stereocenters. The molecule has 1 aliphatic carbocycles. The lowest BCUT2D eigenvalue weighted by molar-refractivity contribution is -0.147. The summed E-state index contributed by atoms with van der Waals surface area (Å²) >= 11 is 0. The van der Waals surface area contributed by atoms with Gasteiger partial charge in [-0.25, -0.2) is 4.90 Å². The van der Waals surface area contributed by atoms with Crippen molar-refractivity contribution < 1.29 is 19.1 Å². The number of anilines is 1. The second-order valence-corrected chi connectivity index (χ2v) is 5.63. The normalized spacial score (nSPS) is 26.8. The lowest BCUT2D eigenvalue weighted by Gasteiger charge is -2.20. The molecule has 0 bridgehead atoms. The number of nitrogens with zero attached hydrogens (tertiary/aromatic N) is 1. The van der Waals surface area contributed by atoms with E-state index in [9.17, 15) is 14.4 Å². The molecule has 1 aliphatic heterocycles. The van der Waals surface area contributed by atoms with Crippen LogP contribution >= 0.6 is 0 Å². The van der Waals surface area contributed by atoms with Crippen molar-refractivity contribution in [3.8, 4) is 0 Å². The van der Waals surface area contributed by atoms with Gasteiger partial charge in [-0.2, -0.15) is 0 Å². The number of hydrogen-bond donors (Lipinski definition) is 0. The van der Waals surface area contributed by atoms with Gasteiger partial charge in [0.15, 0.2) is 0 Å². The van der Waals surface area contributed by atoms with Crippen molar-refractivity contribution >= 4 is 23.5 Å². The van der Waals surface area contributed by atoms with Crippen LogP contribution in [0.25, 0.3) is 0 Å². The van der Waals surface area contributed by atoms with Gasteiger partial charge in [0.1, 0.15) is 0 Å². The van der Waals surface area contributed by atoms with Gasteiger partial charge in [0, 0.05) is 0 Å². The van der Waals surface area contributed by atoms with Crippen LogP contribution in [-0.2, 0) is 19.1 Å². The molecule has 2 amide bonds.